The number of urea groups is 1. The molecule has 0 saturated carbocycles. The average Bonchev–Trinajstić information content (AvgIpc) is 3.59. The summed E-state index contributed by atoms with van der Waals surface area (Å²) in [5, 5.41) is 17.5. The van der Waals surface area contributed by atoms with Gasteiger partial charge in [-0.25, -0.2) is 14.6 Å². The van der Waals surface area contributed by atoms with Crippen molar-refractivity contribution < 1.29 is 19.5 Å². The summed E-state index contributed by atoms with van der Waals surface area (Å²) in [6.07, 6.45) is 5.01. The minimum atomic E-state index is -1.41. The molecular formula is C29H25Cl2N5O4. The Morgan fingerprint density at radius 1 is 1.02 bits per heavy atom. The Labute approximate surface area is 240 Å². The van der Waals surface area contributed by atoms with Crippen LogP contribution >= 0.6 is 23.2 Å². The maximum atomic E-state index is 13.0. The van der Waals surface area contributed by atoms with Crippen molar-refractivity contribution in [3.05, 3.63) is 106 Å². The van der Waals surface area contributed by atoms with E-state index in [2.05, 4.69) is 20.9 Å². The predicted octanol–water partition coefficient (Wildman–Crippen LogP) is 5.02. The van der Waals surface area contributed by atoms with Crippen LogP contribution in [0.1, 0.15) is 33.9 Å². The second-order valence-electron chi connectivity index (χ2n) is 9.33. The van der Waals surface area contributed by atoms with Crippen LogP contribution in [0.5, 0.6) is 0 Å². The number of halogens is 2. The van der Waals surface area contributed by atoms with Gasteiger partial charge in [0.2, 0.25) is 0 Å². The molecule has 204 valence electrons. The number of amides is 3. The number of nitrogens with zero attached hydrogens (tertiary/aromatic N) is 2. The van der Waals surface area contributed by atoms with Gasteiger partial charge in [0.1, 0.15) is 6.04 Å². The summed E-state index contributed by atoms with van der Waals surface area (Å²) in [4.78, 5) is 41.8. The van der Waals surface area contributed by atoms with E-state index in [0.29, 0.717) is 5.69 Å². The van der Waals surface area contributed by atoms with E-state index in [1.165, 1.54) is 5.56 Å². The summed E-state index contributed by atoms with van der Waals surface area (Å²) in [7, 11) is 0. The van der Waals surface area contributed by atoms with Crippen molar-refractivity contribution >= 4 is 41.1 Å². The first-order valence-corrected chi connectivity index (χ1v) is 13.3. The van der Waals surface area contributed by atoms with Gasteiger partial charge in [0.25, 0.3) is 5.91 Å². The molecule has 40 heavy (non-hydrogen) atoms. The lowest BCUT2D eigenvalue weighted by molar-refractivity contribution is -0.139. The number of aromatic nitrogens is 2. The number of carboxylic acid groups (broad SMARTS) is 1. The minimum absolute atomic E-state index is 0.0321. The van der Waals surface area contributed by atoms with Gasteiger partial charge in [-0.3, -0.25) is 4.79 Å². The van der Waals surface area contributed by atoms with Gasteiger partial charge < -0.3 is 25.6 Å². The van der Waals surface area contributed by atoms with Gasteiger partial charge in [-0.1, -0.05) is 77.8 Å². The number of carbonyl (C=O) groups is 3. The number of fused-ring (bicyclic) bond motifs is 1. The smallest absolute Gasteiger partial charge is 0.328 e. The number of nitrogens with one attached hydrogen (secondary N) is 3. The normalized spacial score (nSPS) is 14.7. The zero-order valence-corrected chi connectivity index (χ0v) is 22.6. The number of benzene rings is 3. The summed E-state index contributed by atoms with van der Waals surface area (Å²) in [6.45, 7) is -0.341. The monoisotopic (exact) mass is 577 g/mol. The van der Waals surface area contributed by atoms with E-state index in [0.717, 1.165) is 29.7 Å². The van der Waals surface area contributed by atoms with Crippen LogP contribution in [0.15, 0.2) is 79.3 Å². The lowest BCUT2D eigenvalue weighted by atomic mass is 10.1. The third-order valence-corrected chi connectivity index (χ3v) is 7.31. The predicted molar refractivity (Wildman–Crippen MR) is 152 cm³/mol. The zero-order valence-electron chi connectivity index (χ0n) is 21.1. The summed E-state index contributed by atoms with van der Waals surface area (Å²) in [5.41, 5.74) is 4.39. The van der Waals surface area contributed by atoms with Crippen molar-refractivity contribution in [1.82, 2.24) is 25.5 Å². The number of aliphatic carboxylic acids is 1. The topological polar surface area (TPSA) is 125 Å². The van der Waals surface area contributed by atoms with Crippen molar-refractivity contribution in [3.63, 3.8) is 0 Å². The Bertz CT molecular complexity index is 1550. The first kappa shape index (κ1) is 27.2. The molecule has 4 aromatic rings. The van der Waals surface area contributed by atoms with Crippen molar-refractivity contribution in [1.29, 1.82) is 0 Å². The summed E-state index contributed by atoms with van der Waals surface area (Å²) >= 11 is 12.8. The highest BCUT2D eigenvalue weighted by Crippen LogP contribution is 2.31. The molecule has 9 nitrogen and oxygen atoms in total. The van der Waals surface area contributed by atoms with Gasteiger partial charge in [-0.15, -0.1) is 0 Å². The van der Waals surface area contributed by atoms with Gasteiger partial charge >= 0.3 is 12.0 Å². The van der Waals surface area contributed by atoms with Crippen molar-refractivity contribution in [2.45, 2.75) is 24.9 Å². The van der Waals surface area contributed by atoms with Crippen LogP contribution in [-0.4, -0.2) is 45.2 Å². The number of carboxylic acids is 1. The van der Waals surface area contributed by atoms with E-state index < -0.39 is 23.9 Å². The molecule has 0 fully saturated rings. The number of rotatable bonds is 8. The Morgan fingerprint density at radius 2 is 1.73 bits per heavy atom. The average molecular weight is 578 g/mol. The Kier molecular flexibility index (Phi) is 8.04. The molecule has 0 radical (unpaired) electrons. The number of carbonyl (C=O) groups excluding carboxylic acids is 2. The molecule has 2 unspecified atom stereocenters. The molecule has 1 aromatic heterocycles. The summed E-state index contributed by atoms with van der Waals surface area (Å²) in [6, 6.07) is 18.4. The molecule has 2 atom stereocenters. The Hall–Kier alpha value is -4.34. The van der Waals surface area contributed by atoms with Gasteiger partial charge in [0.15, 0.2) is 0 Å². The highest BCUT2D eigenvalue weighted by Gasteiger charge is 2.27. The molecular weight excluding hydrogens is 553 g/mol. The molecule has 0 bridgehead atoms. The second-order valence-corrected chi connectivity index (χ2v) is 10.1. The molecule has 5 rings (SSSR count). The molecule has 0 spiro atoms. The second kappa shape index (κ2) is 11.8. The Morgan fingerprint density at radius 3 is 2.45 bits per heavy atom. The molecule has 1 aliphatic rings. The lowest BCUT2D eigenvalue weighted by Gasteiger charge is -2.19. The SMILES string of the molecule is O=C(NCC(NC(=O)c1c(Cl)cc(-n2cnc(-c3ccccc3)c2)cc1Cl)C(=O)O)NC1CCc2ccccc21. The molecule has 4 N–H and O–H groups in total. The van der Waals surface area contributed by atoms with E-state index in [4.69, 9.17) is 23.2 Å². The number of hydrogen-bond donors (Lipinski definition) is 4. The van der Waals surface area contributed by atoms with Gasteiger partial charge in [0, 0.05) is 17.4 Å². The van der Waals surface area contributed by atoms with Crippen LogP contribution in [0, 0.1) is 0 Å². The van der Waals surface area contributed by atoms with E-state index in [1.54, 1.807) is 29.2 Å². The molecule has 11 heteroatoms. The fourth-order valence-electron chi connectivity index (χ4n) is 4.69. The van der Waals surface area contributed by atoms with Crippen LogP contribution in [0.3, 0.4) is 0 Å². The number of aryl methyl sites for hydroxylation is 1. The van der Waals surface area contributed by atoms with Crippen LogP contribution in [0.25, 0.3) is 16.9 Å². The first-order valence-electron chi connectivity index (χ1n) is 12.5. The molecule has 1 aliphatic carbocycles. The lowest BCUT2D eigenvalue weighted by Crippen LogP contribution is -2.50. The molecule has 0 saturated heterocycles. The fourth-order valence-corrected chi connectivity index (χ4v) is 5.34. The van der Waals surface area contributed by atoms with Crippen LogP contribution in [-0.2, 0) is 11.2 Å². The third kappa shape index (κ3) is 5.95. The third-order valence-electron chi connectivity index (χ3n) is 6.71. The van der Waals surface area contributed by atoms with E-state index in [1.807, 2.05) is 54.6 Å². The Balaban J connectivity index is 1.23. The quantitative estimate of drug-likeness (QED) is 0.234. The van der Waals surface area contributed by atoms with Crippen molar-refractivity contribution in [3.8, 4) is 16.9 Å². The van der Waals surface area contributed by atoms with Crippen LogP contribution < -0.4 is 16.0 Å². The van der Waals surface area contributed by atoms with E-state index in [-0.39, 0.29) is 28.2 Å². The van der Waals surface area contributed by atoms with Crippen LogP contribution in [0.2, 0.25) is 10.0 Å². The maximum Gasteiger partial charge on any atom is 0.328 e. The van der Waals surface area contributed by atoms with E-state index in [9.17, 15) is 19.5 Å². The van der Waals surface area contributed by atoms with E-state index >= 15 is 0 Å². The number of hydrogen-bond acceptors (Lipinski definition) is 4. The highest BCUT2D eigenvalue weighted by atomic mass is 35.5. The van der Waals surface area contributed by atoms with Gasteiger partial charge in [-0.2, -0.15) is 0 Å². The van der Waals surface area contributed by atoms with Gasteiger partial charge in [0.05, 0.1) is 40.2 Å². The van der Waals surface area contributed by atoms with Gasteiger partial charge in [-0.05, 0) is 36.1 Å². The highest BCUT2D eigenvalue weighted by molar-refractivity contribution is 6.40. The van der Waals surface area contributed by atoms with Crippen LogP contribution in [0.4, 0.5) is 4.79 Å². The van der Waals surface area contributed by atoms with Crippen molar-refractivity contribution in [2.24, 2.45) is 0 Å². The molecule has 0 aliphatic heterocycles. The minimum Gasteiger partial charge on any atom is -0.480 e. The van der Waals surface area contributed by atoms with Crippen molar-refractivity contribution in [2.75, 3.05) is 6.54 Å². The molecule has 3 amide bonds. The largest absolute Gasteiger partial charge is 0.480 e. The maximum absolute atomic E-state index is 13.0. The molecule has 1 heterocycles. The zero-order chi connectivity index (χ0) is 28.2. The summed E-state index contributed by atoms with van der Waals surface area (Å²) in [5.74, 6) is -2.10. The fraction of sp³-hybridized carbons (Fsp3) is 0.172. The standard InChI is InChI=1S/C29H25Cl2N5O4/c30-21-12-19(36-15-25(33-16-36)18-7-2-1-3-8-18)13-22(31)26(21)27(37)34-24(28(38)39)14-32-29(40)35-23-11-10-17-6-4-5-9-20(17)23/h1-9,12-13,15-16,23-24H,10-11,14H2,(H,34,37)(H,38,39)(H2,32,35,40). The summed E-state index contributed by atoms with van der Waals surface area (Å²) < 4.78 is 1.72. The first-order chi connectivity index (χ1) is 19.3. The number of imidazole rings is 1. The molecule has 3 aromatic carbocycles.